The van der Waals surface area contributed by atoms with Crippen molar-refractivity contribution in [1.82, 2.24) is 4.90 Å². The van der Waals surface area contributed by atoms with Crippen LogP contribution >= 0.6 is 15.9 Å². The Hall–Kier alpha value is -1.07. The summed E-state index contributed by atoms with van der Waals surface area (Å²) in [7, 11) is 0. The number of benzene rings is 1. The van der Waals surface area contributed by atoms with E-state index in [0.717, 1.165) is 4.47 Å². The summed E-state index contributed by atoms with van der Waals surface area (Å²) in [5.41, 5.74) is -0.758. The summed E-state index contributed by atoms with van der Waals surface area (Å²) >= 11 is 3.34. The quantitative estimate of drug-likeness (QED) is 0.926. The number of aliphatic hydroxyl groups is 1. The fourth-order valence-electron chi connectivity index (χ4n) is 1.95. The highest BCUT2D eigenvalue weighted by Gasteiger charge is 2.33. The first kappa shape index (κ1) is 13.4. The number of likely N-dealkylation sites (tertiary alicyclic amines) is 1. The Labute approximate surface area is 115 Å². The first-order valence-electron chi connectivity index (χ1n) is 5.85. The molecule has 1 saturated heterocycles. The highest BCUT2D eigenvalue weighted by molar-refractivity contribution is 9.10. The average Bonchev–Trinajstić information content (AvgIpc) is 2.67. The van der Waals surface area contributed by atoms with E-state index in [1.54, 1.807) is 17.9 Å². The zero-order valence-corrected chi connectivity index (χ0v) is 11.8. The van der Waals surface area contributed by atoms with E-state index in [1.165, 1.54) is 0 Å². The van der Waals surface area contributed by atoms with Crippen LogP contribution in [0.1, 0.15) is 13.3 Å². The number of amides is 1. The first-order valence-corrected chi connectivity index (χ1v) is 6.64. The highest BCUT2D eigenvalue weighted by atomic mass is 79.9. The molecule has 1 heterocycles. The maximum absolute atomic E-state index is 11.9. The van der Waals surface area contributed by atoms with E-state index < -0.39 is 5.60 Å². The lowest BCUT2D eigenvalue weighted by molar-refractivity contribution is -0.133. The number of hydrogen-bond acceptors (Lipinski definition) is 3. The second kappa shape index (κ2) is 5.28. The highest BCUT2D eigenvalue weighted by Crippen LogP contribution is 2.21. The lowest BCUT2D eigenvalue weighted by atomic mass is 10.1. The van der Waals surface area contributed by atoms with Crippen molar-refractivity contribution in [3.05, 3.63) is 28.7 Å². The Morgan fingerprint density at radius 1 is 1.61 bits per heavy atom. The fraction of sp³-hybridized carbons (Fsp3) is 0.462. The van der Waals surface area contributed by atoms with Crippen LogP contribution in [-0.4, -0.2) is 41.2 Å². The van der Waals surface area contributed by atoms with Crippen molar-refractivity contribution < 1.29 is 14.6 Å². The molecule has 1 aliphatic rings. The minimum absolute atomic E-state index is 0.00648. The first-order chi connectivity index (χ1) is 8.46. The van der Waals surface area contributed by atoms with Gasteiger partial charge in [-0.15, -0.1) is 0 Å². The topological polar surface area (TPSA) is 49.8 Å². The Morgan fingerprint density at radius 3 is 3.00 bits per heavy atom. The van der Waals surface area contributed by atoms with Crippen molar-refractivity contribution in [2.75, 3.05) is 19.7 Å². The van der Waals surface area contributed by atoms with Crippen LogP contribution in [-0.2, 0) is 4.79 Å². The molecular weight excluding hydrogens is 298 g/mol. The summed E-state index contributed by atoms with van der Waals surface area (Å²) in [5, 5.41) is 9.79. The summed E-state index contributed by atoms with van der Waals surface area (Å²) in [6, 6.07) is 7.36. The molecule has 0 aliphatic carbocycles. The number of carbonyl (C=O) groups excluding carboxylic acids is 1. The normalized spacial score (nSPS) is 23.2. The maximum Gasteiger partial charge on any atom is 0.260 e. The van der Waals surface area contributed by atoms with E-state index in [2.05, 4.69) is 15.9 Å². The molecule has 1 aromatic carbocycles. The Bertz CT molecular complexity index is 448. The summed E-state index contributed by atoms with van der Waals surface area (Å²) in [4.78, 5) is 13.5. The number of hydrogen-bond donors (Lipinski definition) is 1. The Balaban J connectivity index is 1.86. The zero-order valence-electron chi connectivity index (χ0n) is 10.2. The lowest BCUT2D eigenvalue weighted by Gasteiger charge is -2.19. The molecule has 0 saturated carbocycles. The van der Waals surface area contributed by atoms with E-state index in [-0.39, 0.29) is 12.5 Å². The minimum Gasteiger partial charge on any atom is -0.484 e. The molecule has 4 nitrogen and oxygen atoms in total. The number of nitrogens with zero attached hydrogens (tertiary/aromatic N) is 1. The maximum atomic E-state index is 11.9. The van der Waals surface area contributed by atoms with Crippen LogP contribution in [0.3, 0.4) is 0 Å². The molecular formula is C13H16BrNO3. The molecule has 98 valence electrons. The van der Waals surface area contributed by atoms with Crippen molar-refractivity contribution in [2.45, 2.75) is 18.9 Å². The zero-order chi connectivity index (χ0) is 13.2. The van der Waals surface area contributed by atoms with E-state index in [0.29, 0.717) is 25.3 Å². The molecule has 1 aromatic rings. The van der Waals surface area contributed by atoms with Gasteiger partial charge in [0.25, 0.3) is 5.91 Å². The van der Waals surface area contributed by atoms with Crippen molar-refractivity contribution in [3.63, 3.8) is 0 Å². The molecule has 1 aliphatic heterocycles. The molecule has 0 spiro atoms. The van der Waals surface area contributed by atoms with E-state index in [9.17, 15) is 9.90 Å². The molecule has 1 unspecified atom stereocenters. The molecule has 0 aromatic heterocycles. The van der Waals surface area contributed by atoms with Gasteiger partial charge in [0.05, 0.1) is 5.60 Å². The van der Waals surface area contributed by atoms with Crippen LogP contribution in [0.2, 0.25) is 0 Å². The van der Waals surface area contributed by atoms with Gasteiger partial charge < -0.3 is 14.7 Å². The molecule has 1 N–H and O–H groups in total. The molecule has 1 amide bonds. The smallest absolute Gasteiger partial charge is 0.260 e. The fourth-order valence-corrected chi connectivity index (χ4v) is 2.33. The molecule has 1 fully saturated rings. The monoisotopic (exact) mass is 313 g/mol. The van der Waals surface area contributed by atoms with Crippen molar-refractivity contribution in [1.29, 1.82) is 0 Å². The van der Waals surface area contributed by atoms with E-state index in [4.69, 9.17) is 4.74 Å². The Kier molecular flexibility index (Phi) is 3.92. The third-order valence-electron chi connectivity index (χ3n) is 2.96. The van der Waals surface area contributed by atoms with Crippen LogP contribution in [0.5, 0.6) is 5.75 Å². The van der Waals surface area contributed by atoms with Gasteiger partial charge >= 0.3 is 0 Å². The Morgan fingerprint density at radius 2 is 2.39 bits per heavy atom. The number of rotatable bonds is 3. The van der Waals surface area contributed by atoms with Gasteiger partial charge in [-0.3, -0.25) is 4.79 Å². The summed E-state index contributed by atoms with van der Waals surface area (Å²) in [6.45, 7) is 2.73. The predicted octanol–water partition coefficient (Wildman–Crippen LogP) is 1.81. The molecule has 1 atom stereocenters. The largest absolute Gasteiger partial charge is 0.484 e. The second-order valence-corrected chi connectivity index (χ2v) is 5.72. The minimum atomic E-state index is -0.758. The average molecular weight is 314 g/mol. The number of halogens is 1. The van der Waals surface area contributed by atoms with Crippen LogP contribution < -0.4 is 4.74 Å². The number of ether oxygens (including phenoxy) is 1. The number of carbonyl (C=O) groups is 1. The van der Waals surface area contributed by atoms with Gasteiger partial charge in [-0.05, 0) is 31.5 Å². The van der Waals surface area contributed by atoms with Crippen LogP contribution in [0.25, 0.3) is 0 Å². The molecule has 5 heteroatoms. The van der Waals surface area contributed by atoms with Gasteiger partial charge in [0, 0.05) is 17.6 Å². The van der Waals surface area contributed by atoms with Crippen molar-refractivity contribution in [2.24, 2.45) is 0 Å². The van der Waals surface area contributed by atoms with E-state index in [1.807, 2.05) is 18.2 Å². The third-order valence-corrected chi connectivity index (χ3v) is 3.46. The van der Waals surface area contributed by atoms with Crippen LogP contribution in [0.15, 0.2) is 28.7 Å². The van der Waals surface area contributed by atoms with Gasteiger partial charge in [0.2, 0.25) is 0 Å². The van der Waals surface area contributed by atoms with Crippen LogP contribution in [0.4, 0.5) is 0 Å². The molecule has 2 rings (SSSR count). The SMILES string of the molecule is CC1(O)CCN(C(=O)COc2cccc(Br)c2)C1. The summed E-state index contributed by atoms with van der Waals surface area (Å²) in [5.74, 6) is 0.566. The van der Waals surface area contributed by atoms with E-state index >= 15 is 0 Å². The van der Waals surface area contributed by atoms with Gasteiger partial charge in [-0.1, -0.05) is 22.0 Å². The second-order valence-electron chi connectivity index (χ2n) is 4.81. The summed E-state index contributed by atoms with van der Waals surface area (Å²) < 4.78 is 6.34. The van der Waals surface area contributed by atoms with Gasteiger partial charge in [-0.2, -0.15) is 0 Å². The standard InChI is InChI=1S/C13H16BrNO3/c1-13(17)5-6-15(9-13)12(16)8-18-11-4-2-3-10(14)7-11/h2-4,7,17H,5-6,8-9H2,1H3. The molecule has 0 radical (unpaired) electrons. The molecule has 18 heavy (non-hydrogen) atoms. The van der Waals surface area contributed by atoms with Crippen molar-refractivity contribution in [3.8, 4) is 5.75 Å². The molecule has 0 bridgehead atoms. The lowest BCUT2D eigenvalue weighted by Crippen LogP contribution is -2.36. The predicted molar refractivity (Wildman–Crippen MR) is 71.5 cm³/mol. The van der Waals surface area contributed by atoms with Crippen LogP contribution in [0, 0.1) is 0 Å². The van der Waals surface area contributed by atoms with Gasteiger partial charge in [0.15, 0.2) is 6.61 Å². The third kappa shape index (κ3) is 3.46. The number of β-amino-alcohol motifs (C(OH)–C–C–N with tert-alkyl or cyclic N) is 1. The summed E-state index contributed by atoms with van der Waals surface area (Å²) in [6.07, 6.45) is 0.621. The van der Waals surface area contributed by atoms with Gasteiger partial charge in [-0.25, -0.2) is 0 Å². The van der Waals surface area contributed by atoms with Crippen molar-refractivity contribution >= 4 is 21.8 Å². The van der Waals surface area contributed by atoms with Gasteiger partial charge in [0.1, 0.15) is 5.75 Å².